The number of hydrogen-bond donors (Lipinski definition) is 2. The smallest absolute Gasteiger partial charge is 0.252 e. The van der Waals surface area contributed by atoms with Crippen molar-refractivity contribution in [3.05, 3.63) is 34.9 Å². The molecule has 0 radical (unpaired) electrons. The maximum absolute atomic E-state index is 12.4. The van der Waals surface area contributed by atoms with Crippen molar-refractivity contribution in [2.45, 2.75) is 32.7 Å². The highest BCUT2D eigenvalue weighted by atomic mass is 16.5. The lowest BCUT2D eigenvalue weighted by molar-refractivity contribution is 0.0929. The maximum Gasteiger partial charge on any atom is 0.252 e. The molecular weight excluding hydrogens is 266 g/mol. The topological polar surface area (TPSA) is 58.6 Å². The number of carbonyl (C=O) groups is 1. The van der Waals surface area contributed by atoms with Crippen molar-refractivity contribution < 1.29 is 14.6 Å². The zero-order valence-electron chi connectivity index (χ0n) is 12.9. The van der Waals surface area contributed by atoms with Crippen LogP contribution in [-0.4, -0.2) is 37.4 Å². The highest BCUT2D eigenvalue weighted by Crippen LogP contribution is 2.11. The lowest BCUT2D eigenvalue weighted by Crippen LogP contribution is -2.33. The molecule has 1 aromatic carbocycles. The molecule has 114 valence electrons. The van der Waals surface area contributed by atoms with Gasteiger partial charge in [0, 0.05) is 31.7 Å². The van der Waals surface area contributed by atoms with Gasteiger partial charge in [0.05, 0.1) is 12.2 Å². The summed E-state index contributed by atoms with van der Waals surface area (Å²) >= 11 is 0. The average molecular weight is 289 g/mol. The van der Waals surface area contributed by atoms with Crippen molar-refractivity contribution in [2.75, 3.05) is 20.3 Å². The van der Waals surface area contributed by atoms with Crippen LogP contribution >= 0.6 is 0 Å². The molecule has 21 heavy (non-hydrogen) atoms. The average Bonchev–Trinajstić information content (AvgIpc) is 2.46. The molecule has 0 saturated carbocycles. The minimum absolute atomic E-state index is 0.0223. The van der Waals surface area contributed by atoms with Gasteiger partial charge in [-0.05, 0) is 32.4 Å². The highest BCUT2D eigenvalue weighted by molar-refractivity contribution is 5.97. The summed E-state index contributed by atoms with van der Waals surface area (Å²) in [6.07, 6.45) is 1.17. The maximum atomic E-state index is 12.4. The number of amides is 1. The molecule has 0 saturated heterocycles. The van der Waals surface area contributed by atoms with Gasteiger partial charge in [0.15, 0.2) is 0 Å². The number of aliphatic hydroxyl groups excluding tert-OH is 1. The molecule has 0 heterocycles. The van der Waals surface area contributed by atoms with Gasteiger partial charge >= 0.3 is 0 Å². The van der Waals surface area contributed by atoms with Crippen LogP contribution < -0.4 is 5.32 Å². The van der Waals surface area contributed by atoms with Gasteiger partial charge < -0.3 is 15.2 Å². The van der Waals surface area contributed by atoms with E-state index in [0.717, 1.165) is 12.0 Å². The number of ether oxygens (including phenoxy) is 1. The standard InChI is InChI=1S/C17H23NO3/c1-13-7-8-15(6-4-5-10-19)16(12-13)17(20)18-14(2)9-11-21-3/h7-8,12,14,19H,5,9-11H2,1-3H3,(H,18,20). The molecule has 1 unspecified atom stereocenters. The van der Waals surface area contributed by atoms with E-state index in [0.29, 0.717) is 24.2 Å². The second-order valence-corrected chi connectivity index (χ2v) is 4.98. The number of methoxy groups -OCH3 is 1. The fraction of sp³-hybridized carbons (Fsp3) is 0.471. The molecule has 0 aliphatic heterocycles. The molecule has 4 nitrogen and oxygen atoms in total. The van der Waals surface area contributed by atoms with Crippen molar-refractivity contribution in [1.82, 2.24) is 5.32 Å². The van der Waals surface area contributed by atoms with Gasteiger partial charge in [0.2, 0.25) is 0 Å². The first-order chi connectivity index (χ1) is 10.1. The first-order valence-electron chi connectivity index (χ1n) is 7.08. The number of nitrogens with one attached hydrogen (secondary N) is 1. The molecule has 2 N–H and O–H groups in total. The van der Waals surface area contributed by atoms with Crippen LogP contribution in [0.4, 0.5) is 0 Å². The minimum Gasteiger partial charge on any atom is -0.395 e. The van der Waals surface area contributed by atoms with Gasteiger partial charge in [-0.3, -0.25) is 4.79 Å². The van der Waals surface area contributed by atoms with Gasteiger partial charge in [0.1, 0.15) is 0 Å². The van der Waals surface area contributed by atoms with Crippen LogP contribution in [0.25, 0.3) is 0 Å². The third-order valence-corrected chi connectivity index (χ3v) is 3.01. The quantitative estimate of drug-likeness (QED) is 0.786. The monoisotopic (exact) mass is 289 g/mol. The molecule has 4 heteroatoms. The first kappa shape index (κ1) is 17.2. The Kier molecular flexibility index (Phi) is 7.52. The molecule has 0 aliphatic rings. The van der Waals surface area contributed by atoms with Gasteiger partial charge in [-0.1, -0.05) is 23.5 Å². The Balaban J connectivity index is 2.87. The van der Waals surface area contributed by atoms with E-state index >= 15 is 0 Å². The summed E-state index contributed by atoms with van der Waals surface area (Å²) in [4.78, 5) is 12.4. The largest absolute Gasteiger partial charge is 0.395 e. The van der Waals surface area contributed by atoms with E-state index in [1.165, 1.54) is 0 Å². The van der Waals surface area contributed by atoms with Gasteiger partial charge in [-0.25, -0.2) is 0 Å². The molecular formula is C17H23NO3. The number of rotatable bonds is 6. The van der Waals surface area contributed by atoms with E-state index in [-0.39, 0.29) is 18.6 Å². The summed E-state index contributed by atoms with van der Waals surface area (Å²) in [5.41, 5.74) is 2.27. The zero-order chi connectivity index (χ0) is 15.7. The Morgan fingerprint density at radius 2 is 2.24 bits per heavy atom. The summed E-state index contributed by atoms with van der Waals surface area (Å²) < 4.78 is 5.01. The summed E-state index contributed by atoms with van der Waals surface area (Å²) in [5.74, 6) is 5.67. The van der Waals surface area contributed by atoms with Crippen molar-refractivity contribution in [3.8, 4) is 11.8 Å². The molecule has 0 bridgehead atoms. The van der Waals surface area contributed by atoms with Crippen molar-refractivity contribution in [2.24, 2.45) is 0 Å². The Morgan fingerprint density at radius 1 is 1.48 bits per heavy atom. The predicted molar refractivity (Wildman–Crippen MR) is 83.2 cm³/mol. The molecule has 1 amide bonds. The SMILES string of the molecule is COCCC(C)NC(=O)c1cc(C)ccc1C#CCCO. The third-order valence-electron chi connectivity index (χ3n) is 3.01. The fourth-order valence-electron chi connectivity index (χ4n) is 1.84. The van der Waals surface area contributed by atoms with Crippen molar-refractivity contribution >= 4 is 5.91 Å². The number of hydrogen-bond acceptors (Lipinski definition) is 3. The van der Waals surface area contributed by atoms with Crippen LogP contribution in [0.1, 0.15) is 41.3 Å². The minimum atomic E-state index is -0.129. The van der Waals surface area contributed by atoms with Crippen molar-refractivity contribution in [3.63, 3.8) is 0 Å². The summed E-state index contributed by atoms with van der Waals surface area (Å²) in [6, 6.07) is 5.64. The van der Waals surface area contributed by atoms with E-state index in [1.807, 2.05) is 32.0 Å². The molecule has 1 atom stereocenters. The fourth-order valence-corrected chi connectivity index (χ4v) is 1.84. The lowest BCUT2D eigenvalue weighted by atomic mass is 10.0. The summed E-state index contributed by atoms with van der Waals surface area (Å²) in [5, 5.41) is 11.7. The molecule has 1 aromatic rings. The van der Waals surface area contributed by atoms with Gasteiger partial charge in [-0.15, -0.1) is 0 Å². The number of aryl methyl sites for hydroxylation is 1. The molecule has 0 fully saturated rings. The normalized spacial score (nSPS) is 11.4. The summed E-state index contributed by atoms with van der Waals surface area (Å²) in [7, 11) is 1.64. The van der Waals surface area contributed by atoms with Crippen LogP contribution in [0.15, 0.2) is 18.2 Å². The Bertz CT molecular complexity index is 529. The Labute approximate surface area is 126 Å². The van der Waals surface area contributed by atoms with Crippen LogP contribution in [0.5, 0.6) is 0 Å². The van der Waals surface area contributed by atoms with E-state index in [4.69, 9.17) is 9.84 Å². The number of aliphatic hydroxyl groups is 1. The van der Waals surface area contributed by atoms with E-state index in [1.54, 1.807) is 7.11 Å². The van der Waals surface area contributed by atoms with Crippen LogP contribution in [-0.2, 0) is 4.74 Å². The van der Waals surface area contributed by atoms with E-state index in [9.17, 15) is 4.79 Å². The second-order valence-electron chi connectivity index (χ2n) is 4.98. The number of carbonyl (C=O) groups excluding carboxylic acids is 1. The molecule has 0 spiro atoms. The van der Waals surface area contributed by atoms with Crippen molar-refractivity contribution in [1.29, 1.82) is 0 Å². The predicted octanol–water partition coefficient (Wildman–Crippen LogP) is 1.88. The molecule has 1 rings (SSSR count). The Hall–Kier alpha value is -1.83. The van der Waals surface area contributed by atoms with Gasteiger partial charge in [0.25, 0.3) is 5.91 Å². The lowest BCUT2D eigenvalue weighted by Gasteiger charge is -2.14. The van der Waals surface area contributed by atoms with Crippen LogP contribution in [0.2, 0.25) is 0 Å². The van der Waals surface area contributed by atoms with E-state index in [2.05, 4.69) is 17.2 Å². The molecule has 0 aromatic heterocycles. The summed E-state index contributed by atoms with van der Waals surface area (Å²) in [6.45, 7) is 4.52. The second kappa shape index (κ2) is 9.17. The number of benzene rings is 1. The van der Waals surface area contributed by atoms with Crippen LogP contribution in [0.3, 0.4) is 0 Å². The highest BCUT2D eigenvalue weighted by Gasteiger charge is 2.13. The van der Waals surface area contributed by atoms with E-state index < -0.39 is 0 Å². The zero-order valence-corrected chi connectivity index (χ0v) is 12.9. The third kappa shape index (κ3) is 5.99. The van der Waals surface area contributed by atoms with Gasteiger partial charge in [-0.2, -0.15) is 0 Å². The molecule has 0 aliphatic carbocycles. The Morgan fingerprint density at radius 3 is 2.90 bits per heavy atom. The van der Waals surface area contributed by atoms with Crippen LogP contribution in [0, 0.1) is 18.8 Å². The first-order valence-corrected chi connectivity index (χ1v) is 7.08.